The summed E-state index contributed by atoms with van der Waals surface area (Å²) in [5, 5.41) is 0. The maximum atomic E-state index is 11.3. The van der Waals surface area contributed by atoms with E-state index in [0.717, 1.165) is 23.3 Å². The molecule has 0 atom stereocenters. The van der Waals surface area contributed by atoms with Crippen LogP contribution in [0.5, 0.6) is 5.75 Å². The third-order valence-corrected chi connectivity index (χ3v) is 3.52. The summed E-state index contributed by atoms with van der Waals surface area (Å²) < 4.78 is 5.40. The monoisotopic (exact) mass is 265 g/mol. The number of benzene rings is 1. The van der Waals surface area contributed by atoms with Gasteiger partial charge in [0.05, 0.1) is 7.11 Å². The molecule has 0 unspecified atom stereocenters. The van der Waals surface area contributed by atoms with Gasteiger partial charge in [-0.3, -0.25) is 5.43 Å². The number of urea groups is 1. The fourth-order valence-corrected chi connectivity index (χ4v) is 2.22. The van der Waals surface area contributed by atoms with Crippen molar-refractivity contribution in [3.05, 3.63) is 28.3 Å². The quantitative estimate of drug-likeness (QED) is 0.494. The van der Waals surface area contributed by atoms with Crippen LogP contribution in [0.3, 0.4) is 0 Å². The summed E-state index contributed by atoms with van der Waals surface area (Å²) in [5.41, 5.74) is 6.84. The van der Waals surface area contributed by atoms with Gasteiger partial charge in [-0.2, -0.15) is 0 Å². The lowest BCUT2D eigenvalue weighted by molar-refractivity contribution is 0.209. The van der Waals surface area contributed by atoms with E-state index in [9.17, 15) is 4.79 Å². The smallest absolute Gasteiger partial charge is 0.331 e. The SMILES string of the molecule is COc1c(C)cc(CCN(C)C(=O)NN)c(C)c1C. The Bertz CT molecular complexity index is 472. The van der Waals surface area contributed by atoms with Crippen molar-refractivity contribution in [1.82, 2.24) is 10.3 Å². The number of carbonyl (C=O) groups is 1. The average molecular weight is 265 g/mol. The standard InChI is InChI=1S/C14H23N3O2/c1-9-8-12(6-7-17(4)14(18)16-15)10(2)11(3)13(9)19-5/h8H,6-7,15H2,1-5H3,(H,16,18). The molecule has 0 spiro atoms. The topological polar surface area (TPSA) is 67.6 Å². The summed E-state index contributed by atoms with van der Waals surface area (Å²) >= 11 is 0. The molecule has 0 aliphatic heterocycles. The molecule has 106 valence electrons. The summed E-state index contributed by atoms with van der Waals surface area (Å²) in [4.78, 5) is 12.9. The molecule has 1 aromatic rings. The number of nitrogens with two attached hydrogens (primary N) is 1. The Morgan fingerprint density at radius 3 is 2.53 bits per heavy atom. The molecule has 0 radical (unpaired) electrons. The van der Waals surface area contributed by atoms with Crippen LogP contribution >= 0.6 is 0 Å². The van der Waals surface area contributed by atoms with Crippen molar-refractivity contribution in [2.75, 3.05) is 20.7 Å². The Kier molecular flexibility index (Phi) is 5.18. The number of carbonyl (C=O) groups excluding carboxylic acids is 1. The zero-order valence-electron chi connectivity index (χ0n) is 12.3. The van der Waals surface area contributed by atoms with Gasteiger partial charge in [0.1, 0.15) is 5.75 Å². The Balaban J connectivity index is 2.88. The summed E-state index contributed by atoms with van der Waals surface area (Å²) in [7, 11) is 3.41. The van der Waals surface area contributed by atoms with Crippen LogP contribution in [0.2, 0.25) is 0 Å². The lowest BCUT2D eigenvalue weighted by atomic mass is 9.96. The van der Waals surface area contributed by atoms with Crippen molar-refractivity contribution in [3.8, 4) is 5.75 Å². The highest BCUT2D eigenvalue weighted by Crippen LogP contribution is 2.28. The molecule has 0 aliphatic rings. The number of nitrogens with one attached hydrogen (secondary N) is 1. The van der Waals surface area contributed by atoms with E-state index in [1.807, 2.05) is 6.92 Å². The predicted octanol–water partition coefficient (Wildman–Crippen LogP) is 1.68. The first kappa shape index (κ1) is 15.3. The molecule has 1 rings (SSSR count). The van der Waals surface area contributed by atoms with Gasteiger partial charge in [-0.25, -0.2) is 10.6 Å². The minimum atomic E-state index is -0.278. The number of aryl methyl sites for hydroxylation is 1. The molecule has 3 N–H and O–H groups in total. The largest absolute Gasteiger partial charge is 0.496 e. The predicted molar refractivity (Wildman–Crippen MR) is 76.3 cm³/mol. The summed E-state index contributed by atoms with van der Waals surface area (Å²) in [5.74, 6) is 6.04. The molecule has 19 heavy (non-hydrogen) atoms. The van der Waals surface area contributed by atoms with Crippen LogP contribution < -0.4 is 16.0 Å². The van der Waals surface area contributed by atoms with E-state index in [4.69, 9.17) is 10.6 Å². The second-order valence-corrected chi connectivity index (χ2v) is 4.76. The van der Waals surface area contributed by atoms with Crippen molar-refractivity contribution in [3.63, 3.8) is 0 Å². The molecule has 2 amide bonds. The first-order chi connectivity index (χ1) is 8.92. The van der Waals surface area contributed by atoms with Crippen molar-refractivity contribution in [2.24, 2.45) is 5.84 Å². The summed E-state index contributed by atoms with van der Waals surface area (Å²) in [6.45, 7) is 6.79. The second kappa shape index (κ2) is 6.43. The van der Waals surface area contributed by atoms with E-state index in [2.05, 4.69) is 25.3 Å². The van der Waals surface area contributed by atoms with Crippen molar-refractivity contribution in [2.45, 2.75) is 27.2 Å². The number of rotatable bonds is 4. The molecular weight excluding hydrogens is 242 g/mol. The van der Waals surface area contributed by atoms with Crippen LogP contribution in [-0.4, -0.2) is 31.6 Å². The molecular formula is C14H23N3O2. The maximum absolute atomic E-state index is 11.3. The molecule has 0 heterocycles. The Hall–Kier alpha value is -1.75. The van der Waals surface area contributed by atoms with E-state index < -0.39 is 0 Å². The van der Waals surface area contributed by atoms with E-state index in [0.29, 0.717) is 6.54 Å². The van der Waals surface area contributed by atoms with Crippen molar-refractivity contribution < 1.29 is 9.53 Å². The van der Waals surface area contributed by atoms with Crippen LogP contribution in [0.1, 0.15) is 22.3 Å². The number of hydrogen-bond donors (Lipinski definition) is 2. The number of nitrogens with zero attached hydrogens (tertiary/aromatic N) is 1. The Morgan fingerprint density at radius 1 is 1.37 bits per heavy atom. The fourth-order valence-electron chi connectivity index (χ4n) is 2.22. The molecule has 0 fully saturated rings. The van der Waals surface area contributed by atoms with Crippen LogP contribution in [0.15, 0.2) is 6.07 Å². The number of ether oxygens (including phenoxy) is 1. The van der Waals surface area contributed by atoms with Gasteiger partial charge >= 0.3 is 6.03 Å². The van der Waals surface area contributed by atoms with E-state index in [-0.39, 0.29) is 6.03 Å². The maximum Gasteiger partial charge on any atom is 0.331 e. The minimum Gasteiger partial charge on any atom is -0.496 e. The molecule has 0 saturated heterocycles. The third kappa shape index (κ3) is 3.38. The number of likely N-dealkylation sites (N-methyl/N-ethyl adjacent to an activating group) is 1. The highest BCUT2D eigenvalue weighted by molar-refractivity contribution is 5.73. The first-order valence-corrected chi connectivity index (χ1v) is 6.27. The summed E-state index contributed by atoms with van der Waals surface area (Å²) in [6.07, 6.45) is 0.793. The molecule has 1 aromatic carbocycles. The van der Waals surface area contributed by atoms with Crippen LogP contribution in [0, 0.1) is 20.8 Å². The van der Waals surface area contributed by atoms with Gasteiger partial charge in [0.2, 0.25) is 0 Å². The third-order valence-electron chi connectivity index (χ3n) is 3.52. The van der Waals surface area contributed by atoms with Crippen molar-refractivity contribution >= 4 is 6.03 Å². The van der Waals surface area contributed by atoms with Gasteiger partial charge in [0.15, 0.2) is 0 Å². The molecule has 5 heteroatoms. The molecule has 0 aromatic heterocycles. The normalized spacial score (nSPS) is 10.2. The highest BCUT2D eigenvalue weighted by atomic mass is 16.5. The molecule has 0 aliphatic carbocycles. The van der Waals surface area contributed by atoms with E-state index in [1.165, 1.54) is 11.1 Å². The second-order valence-electron chi connectivity index (χ2n) is 4.76. The minimum absolute atomic E-state index is 0.278. The number of hydrogen-bond acceptors (Lipinski definition) is 3. The molecule has 0 saturated carbocycles. The molecule has 0 bridgehead atoms. The number of hydrazine groups is 1. The van der Waals surface area contributed by atoms with E-state index in [1.54, 1.807) is 19.1 Å². The molecule has 5 nitrogen and oxygen atoms in total. The van der Waals surface area contributed by atoms with Gasteiger partial charge in [0, 0.05) is 13.6 Å². The highest BCUT2D eigenvalue weighted by Gasteiger charge is 2.12. The van der Waals surface area contributed by atoms with Crippen LogP contribution in [0.4, 0.5) is 4.79 Å². The van der Waals surface area contributed by atoms with Crippen LogP contribution in [0.25, 0.3) is 0 Å². The Morgan fingerprint density at radius 2 is 2.00 bits per heavy atom. The zero-order chi connectivity index (χ0) is 14.6. The van der Waals surface area contributed by atoms with Gasteiger partial charge in [0.25, 0.3) is 0 Å². The number of amides is 2. The Labute approximate surface area is 114 Å². The fraction of sp³-hybridized carbons (Fsp3) is 0.500. The van der Waals surface area contributed by atoms with Crippen LogP contribution in [-0.2, 0) is 6.42 Å². The first-order valence-electron chi connectivity index (χ1n) is 6.27. The zero-order valence-corrected chi connectivity index (χ0v) is 12.3. The van der Waals surface area contributed by atoms with Crippen molar-refractivity contribution in [1.29, 1.82) is 0 Å². The number of methoxy groups -OCH3 is 1. The lowest BCUT2D eigenvalue weighted by Gasteiger charge is -2.19. The van der Waals surface area contributed by atoms with Gasteiger partial charge in [-0.15, -0.1) is 0 Å². The van der Waals surface area contributed by atoms with E-state index >= 15 is 0 Å². The van der Waals surface area contributed by atoms with Gasteiger partial charge < -0.3 is 9.64 Å². The van der Waals surface area contributed by atoms with Gasteiger partial charge in [-0.1, -0.05) is 6.07 Å². The van der Waals surface area contributed by atoms with Gasteiger partial charge in [-0.05, 0) is 49.4 Å². The summed E-state index contributed by atoms with van der Waals surface area (Å²) in [6, 6.07) is 1.84. The lowest BCUT2D eigenvalue weighted by Crippen LogP contribution is -2.42. The average Bonchev–Trinajstić information content (AvgIpc) is 2.40.